The number of unbranched alkanes of at least 4 members (excludes halogenated alkanes) is 2. The van der Waals surface area contributed by atoms with E-state index in [1.807, 2.05) is 68.4 Å². The van der Waals surface area contributed by atoms with Gasteiger partial charge in [-0.2, -0.15) is 8.42 Å². The summed E-state index contributed by atoms with van der Waals surface area (Å²) in [5.74, 6) is -3.59. The molecule has 0 unspecified atom stereocenters. The molecule has 7 N–H and O–H groups in total. The fourth-order valence-corrected chi connectivity index (χ4v) is 7.21. The molecular formula is C47H62N6O12S. The van der Waals surface area contributed by atoms with Crippen molar-refractivity contribution in [2.75, 3.05) is 13.2 Å². The third-order valence-electron chi connectivity index (χ3n) is 10.2. The summed E-state index contributed by atoms with van der Waals surface area (Å²) >= 11 is 0. The van der Waals surface area contributed by atoms with E-state index in [4.69, 9.17) is 14.0 Å². The fourth-order valence-electron chi connectivity index (χ4n) is 6.86. The van der Waals surface area contributed by atoms with Crippen molar-refractivity contribution in [3.63, 3.8) is 0 Å². The van der Waals surface area contributed by atoms with E-state index in [9.17, 15) is 37.2 Å². The van der Waals surface area contributed by atoms with Gasteiger partial charge in [-0.05, 0) is 68.5 Å². The topological polar surface area (TPSA) is 260 Å². The van der Waals surface area contributed by atoms with Crippen LogP contribution in [-0.2, 0) is 63.1 Å². The zero-order valence-electron chi connectivity index (χ0n) is 38.0. The molecule has 0 saturated heterocycles. The summed E-state index contributed by atoms with van der Waals surface area (Å²) in [5, 5.41) is 14.1. The van der Waals surface area contributed by atoms with Crippen LogP contribution in [0.4, 0.5) is 4.79 Å². The van der Waals surface area contributed by atoms with Crippen molar-refractivity contribution in [2.24, 2.45) is 0 Å². The van der Waals surface area contributed by atoms with Gasteiger partial charge < -0.3 is 45.2 Å². The molecule has 0 aliphatic carbocycles. The molecule has 0 spiro atoms. The molecule has 3 aromatic carbocycles. The Morgan fingerprint density at radius 2 is 1.30 bits per heavy atom. The van der Waals surface area contributed by atoms with Gasteiger partial charge in [0.2, 0.25) is 23.6 Å². The van der Waals surface area contributed by atoms with E-state index in [0.29, 0.717) is 37.7 Å². The van der Waals surface area contributed by atoms with E-state index >= 15 is 0 Å². The smallest absolute Gasteiger partial charge is 0.446 e. The Kier molecular flexibility index (Phi) is 20.0. The van der Waals surface area contributed by atoms with Gasteiger partial charge in [-0.15, -0.1) is 0 Å². The average molecular weight is 935 g/mol. The minimum absolute atomic E-state index is 0.0383. The molecule has 0 fully saturated rings. The van der Waals surface area contributed by atoms with Crippen LogP contribution in [0.25, 0.3) is 10.9 Å². The van der Waals surface area contributed by atoms with Gasteiger partial charge in [-0.3, -0.25) is 23.7 Å². The highest BCUT2D eigenvalue weighted by molar-refractivity contribution is 7.81. The van der Waals surface area contributed by atoms with Crippen LogP contribution in [0.1, 0.15) is 89.8 Å². The summed E-state index contributed by atoms with van der Waals surface area (Å²) in [6.07, 6.45) is 4.25. The highest BCUT2D eigenvalue weighted by Gasteiger charge is 2.31. The Balaban J connectivity index is 1.48. The van der Waals surface area contributed by atoms with Crippen LogP contribution < -0.4 is 30.8 Å². The molecule has 1 aromatic heterocycles. The second-order valence-corrected chi connectivity index (χ2v) is 17.8. The molecular weight excluding hydrogens is 873 g/mol. The first-order valence-electron chi connectivity index (χ1n) is 22.0. The number of alkyl carbamates (subject to hydrolysis) is 1. The molecule has 0 aliphatic heterocycles. The number of aromatic amines is 1. The number of amides is 5. The van der Waals surface area contributed by atoms with E-state index in [2.05, 4.69) is 35.8 Å². The lowest BCUT2D eigenvalue weighted by Crippen LogP contribution is -2.56. The largest absolute Gasteiger partial charge is 0.464 e. The van der Waals surface area contributed by atoms with Gasteiger partial charge in [0, 0.05) is 36.4 Å². The first-order valence-corrected chi connectivity index (χ1v) is 23.4. The standard InChI is InChI=1S/C47H62N6O12S/c1-6-8-18-37(51-43(56)39(53-46(59)64-47(3,4)5)27-32-21-23-34(24-22-32)65-66(60,61)62)42(55)49-30-41(54)50-40(28-33-29-48-36-20-14-13-17-35(33)36)44(57)52-38(19-9-7-2)45(58)63-26-25-31-15-11-10-12-16-31/h10-17,20-24,29,37-40,48H,6-9,18-19,25-28,30H2,1-5H3,(H,49,55)(H,50,54)(H,51,56)(H,52,57)(H,53,59)(H,60,61,62)/t37-,38-,39-,40-/m0/s1. The number of rotatable bonds is 25. The Hall–Kier alpha value is -6.47. The number of hydrogen-bond donors (Lipinski definition) is 7. The molecule has 18 nitrogen and oxygen atoms in total. The Morgan fingerprint density at radius 3 is 1.94 bits per heavy atom. The fraction of sp³-hybridized carbons (Fsp3) is 0.447. The van der Waals surface area contributed by atoms with Gasteiger partial charge in [0.15, 0.2) is 0 Å². The third-order valence-corrected chi connectivity index (χ3v) is 10.6. The quantitative estimate of drug-likeness (QED) is 0.0351. The number of hydrogen-bond acceptors (Lipinski definition) is 11. The van der Waals surface area contributed by atoms with Gasteiger partial charge >= 0.3 is 22.5 Å². The van der Waals surface area contributed by atoms with Gasteiger partial charge in [0.25, 0.3) is 0 Å². The number of aromatic nitrogens is 1. The average Bonchev–Trinajstić information content (AvgIpc) is 3.67. The summed E-state index contributed by atoms with van der Waals surface area (Å²) in [7, 11) is -4.78. The number of esters is 1. The monoisotopic (exact) mass is 934 g/mol. The van der Waals surface area contributed by atoms with Crippen molar-refractivity contribution in [1.82, 2.24) is 31.6 Å². The lowest BCUT2D eigenvalue weighted by atomic mass is 10.0. The molecule has 0 bridgehead atoms. The summed E-state index contributed by atoms with van der Waals surface area (Å²) in [6, 6.07) is 17.7. The van der Waals surface area contributed by atoms with Crippen LogP contribution in [0, 0.1) is 0 Å². The maximum Gasteiger partial charge on any atom is 0.446 e. The number of carbonyl (C=O) groups is 6. The number of benzene rings is 3. The van der Waals surface area contributed by atoms with E-state index in [-0.39, 0.29) is 31.6 Å². The van der Waals surface area contributed by atoms with Crippen LogP contribution in [0.3, 0.4) is 0 Å². The molecule has 358 valence electrons. The Morgan fingerprint density at radius 1 is 0.697 bits per heavy atom. The summed E-state index contributed by atoms with van der Waals surface area (Å²) in [5.41, 5.74) is 2.07. The normalized spacial score (nSPS) is 13.3. The van der Waals surface area contributed by atoms with Crippen LogP contribution in [0.15, 0.2) is 85.1 Å². The van der Waals surface area contributed by atoms with Gasteiger partial charge in [-0.25, -0.2) is 9.59 Å². The summed E-state index contributed by atoms with van der Waals surface area (Å²) in [4.78, 5) is 84.6. The lowest BCUT2D eigenvalue weighted by molar-refractivity contribution is -0.148. The van der Waals surface area contributed by atoms with Gasteiger partial charge in [0.05, 0.1) is 13.2 Å². The number of ether oxygens (including phenoxy) is 2. The maximum atomic E-state index is 14.1. The lowest BCUT2D eigenvalue weighted by Gasteiger charge is -2.25. The first-order chi connectivity index (χ1) is 31.3. The van der Waals surface area contributed by atoms with Gasteiger partial charge in [0.1, 0.15) is 35.5 Å². The zero-order valence-corrected chi connectivity index (χ0v) is 38.8. The summed E-state index contributed by atoms with van der Waals surface area (Å²) in [6.45, 7) is 8.32. The molecule has 5 amide bonds. The second-order valence-electron chi connectivity index (χ2n) is 16.8. The SMILES string of the molecule is CCCC[C@H](NC(=O)[C@H](Cc1ccc(OS(=O)(=O)O)cc1)NC(=O)OC(C)(C)C)C(=O)NCC(=O)N[C@@H](Cc1c[nH]c2ccccc12)C(=O)N[C@@H](CCCC)C(=O)OCCc1ccccc1. The molecule has 1 heterocycles. The predicted molar refractivity (Wildman–Crippen MR) is 246 cm³/mol. The molecule has 4 rings (SSSR count). The third kappa shape index (κ3) is 18.2. The molecule has 4 aromatic rings. The molecule has 0 saturated carbocycles. The van der Waals surface area contributed by atoms with Crippen molar-refractivity contribution in [1.29, 1.82) is 0 Å². The van der Waals surface area contributed by atoms with Gasteiger partial charge in [-0.1, -0.05) is 100 Å². The van der Waals surface area contributed by atoms with Crippen LogP contribution in [0.2, 0.25) is 0 Å². The van der Waals surface area contributed by atoms with E-state index in [1.165, 1.54) is 24.3 Å². The molecule has 4 atom stereocenters. The molecule has 0 radical (unpaired) electrons. The van der Waals surface area contributed by atoms with Crippen molar-refractivity contribution in [2.45, 2.75) is 122 Å². The Bertz CT molecular complexity index is 2350. The summed E-state index contributed by atoms with van der Waals surface area (Å²) < 4.78 is 46.8. The highest BCUT2D eigenvalue weighted by atomic mass is 32.3. The maximum absolute atomic E-state index is 14.1. The molecule has 0 aliphatic rings. The minimum atomic E-state index is -4.78. The van der Waals surface area contributed by atoms with Crippen molar-refractivity contribution < 1.29 is 55.4 Å². The Labute approximate surface area is 385 Å². The van der Waals surface area contributed by atoms with Crippen LogP contribution in [0.5, 0.6) is 5.75 Å². The number of para-hydroxylation sites is 1. The van der Waals surface area contributed by atoms with Crippen LogP contribution in [-0.4, -0.2) is 96.6 Å². The van der Waals surface area contributed by atoms with Crippen LogP contribution >= 0.6 is 0 Å². The molecule has 66 heavy (non-hydrogen) atoms. The van der Waals surface area contributed by atoms with E-state index < -0.39 is 82.4 Å². The number of fused-ring (bicyclic) bond motifs is 1. The second kappa shape index (κ2) is 25.3. The van der Waals surface area contributed by atoms with E-state index in [0.717, 1.165) is 28.5 Å². The minimum Gasteiger partial charge on any atom is -0.464 e. The number of carbonyl (C=O) groups excluding carboxylic acids is 6. The van der Waals surface area contributed by atoms with Crippen molar-refractivity contribution >= 4 is 57.0 Å². The van der Waals surface area contributed by atoms with Crippen molar-refractivity contribution in [3.8, 4) is 5.75 Å². The zero-order chi connectivity index (χ0) is 48.3. The number of nitrogens with one attached hydrogen (secondary N) is 6. The molecule has 19 heteroatoms. The predicted octanol–water partition coefficient (Wildman–Crippen LogP) is 4.76. The number of H-pyrrole nitrogens is 1. The highest BCUT2D eigenvalue weighted by Crippen LogP contribution is 2.20. The van der Waals surface area contributed by atoms with Crippen molar-refractivity contribution in [3.05, 3.63) is 102 Å². The van der Waals surface area contributed by atoms with E-state index in [1.54, 1.807) is 27.0 Å². The first kappa shape index (κ1) is 52.2.